The van der Waals surface area contributed by atoms with Crippen molar-refractivity contribution in [3.8, 4) is 0 Å². The molecule has 0 atom stereocenters. The van der Waals surface area contributed by atoms with Crippen LogP contribution in [0.4, 0.5) is 5.82 Å². The van der Waals surface area contributed by atoms with E-state index in [4.69, 9.17) is 17.3 Å². The number of carbonyl (C=O) groups is 1. The highest BCUT2D eigenvalue weighted by molar-refractivity contribution is 6.33. The number of hydrogen-bond donors (Lipinski definition) is 1. The number of amides is 1. The molecule has 5 heteroatoms. The fraction of sp³-hybridized carbons (Fsp3) is 0.500. The number of anilines is 1. The van der Waals surface area contributed by atoms with Crippen LogP contribution in [-0.2, 0) is 0 Å². The summed E-state index contributed by atoms with van der Waals surface area (Å²) in [6, 6.07) is 3.19. The maximum Gasteiger partial charge on any atom is 0.273 e. The van der Waals surface area contributed by atoms with Crippen LogP contribution in [0.15, 0.2) is 12.1 Å². The van der Waals surface area contributed by atoms with Crippen LogP contribution in [0.5, 0.6) is 0 Å². The molecule has 1 heterocycles. The van der Waals surface area contributed by atoms with Gasteiger partial charge in [-0.2, -0.15) is 0 Å². The average molecular weight is 254 g/mol. The highest BCUT2D eigenvalue weighted by Gasteiger charge is 2.23. The molecule has 0 spiro atoms. The third-order valence-corrected chi connectivity index (χ3v) is 3.48. The molecule has 1 fully saturated rings. The van der Waals surface area contributed by atoms with Crippen molar-refractivity contribution in [1.82, 2.24) is 9.88 Å². The van der Waals surface area contributed by atoms with Crippen LogP contribution < -0.4 is 5.73 Å². The lowest BCUT2D eigenvalue weighted by Crippen LogP contribution is -2.34. The molecule has 17 heavy (non-hydrogen) atoms. The summed E-state index contributed by atoms with van der Waals surface area (Å²) >= 11 is 5.95. The molecule has 1 amide bonds. The Hall–Kier alpha value is -1.29. The number of pyridine rings is 1. The minimum absolute atomic E-state index is 0.158. The second kappa shape index (κ2) is 4.92. The summed E-state index contributed by atoms with van der Waals surface area (Å²) < 4.78 is 0. The molecule has 2 N–H and O–H groups in total. The number of halogens is 1. The zero-order chi connectivity index (χ0) is 12.4. The predicted molar refractivity (Wildman–Crippen MR) is 68.0 cm³/mol. The van der Waals surface area contributed by atoms with E-state index in [1.54, 1.807) is 24.1 Å². The predicted octanol–water partition coefficient (Wildman–Crippen LogP) is 2.19. The number of rotatable bonds is 3. The minimum Gasteiger partial charge on any atom is -0.384 e. The van der Waals surface area contributed by atoms with Gasteiger partial charge in [0, 0.05) is 13.6 Å². The van der Waals surface area contributed by atoms with Gasteiger partial charge in [-0.15, -0.1) is 0 Å². The molecule has 2 rings (SSSR count). The van der Waals surface area contributed by atoms with Crippen LogP contribution in [0.2, 0.25) is 5.02 Å². The van der Waals surface area contributed by atoms with Crippen LogP contribution in [0.3, 0.4) is 0 Å². The second-order valence-corrected chi connectivity index (χ2v) is 4.96. The lowest BCUT2D eigenvalue weighted by Gasteiger charge is -2.30. The second-order valence-electron chi connectivity index (χ2n) is 4.55. The van der Waals surface area contributed by atoms with Gasteiger partial charge in [-0.3, -0.25) is 4.79 Å². The number of nitrogens with zero attached hydrogens (tertiary/aromatic N) is 2. The Morgan fingerprint density at radius 3 is 2.88 bits per heavy atom. The van der Waals surface area contributed by atoms with Crippen LogP contribution >= 0.6 is 11.6 Å². The summed E-state index contributed by atoms with van der Waals surface area (Å²) in [5.41, 5.74) is 5.81. The molecule has 1 saturated carbocycles. The average Bonchev–Trinajstić information content (AvgIpc) is 2.25. The monoisotopic (exact) mass is 253 g/mol. The molecule has 0 bridgehead atoms. The summed E-state index contributed by atoms with van der Waals surface area (Å²) in [5, 5.41) is 0.352. The lowest BCUT2D eigenvalue weighted by atomic mass is 9.85. The topological polar surface area (TPSA) is 59.2 Å². The first kappa shape index (κ1) is 12.2. The van der Waals surface area contributed by atoms with E-state index in [0.29, 0.717) is 16.8 Å². The largest absolute Gasteiger partial charge is 0.384 e. The summed E-state index contributed by atoms with van der Waals surface area (Å²) in [6.45, 7) is 0.769. The van der Waals surface area contributed by atoms with E-state index in [-0.39, 0.29) is 11.6 Å². The third kappa shape index (κ3) is 2.69. The van der Waals surface area contributed by atoms with Gasteiger partial charge in [0.25, 0.3) is 5.91 Å². The molecule has 1 aliphatic rings. The molecule has 1 aromatic rings. The standard InChI is InChI=1S/C12H16ClN3O/c1-16(7-8-3-2-4-8)12(17)11-9(13)5-6-10(14)15-11/h5-6,8H,2-4,7H2,1H3,(H2,14,15). The van der Waals surface area contributed by atoms with Gasteiger partial charge in [0.2, 0.25) is 0 Å². The quantitative estimate of drug-likeness (QED) is 0.898. The SMILES string of the molecule is CN(CC1CCC1)C(=O)c1nc(N)ccc1Cl. The van der Waals surface area contributed by atoms with Crippen molar-refractivity contribution in [3.63, 3.8) is 0 Å². The van der Waals surface area contributed by atoms with Crippen molar-refractivity contribution in [1.29, 1.82) is 0 Å². The normalized spacial score (nSPS) is 15.4. The van der Waals surface area contributed by atoms with Gasteiger partial charge in [-0.25, -0.2) is 4.98 Å². The number of nitrogen functional groups attached to an aromatic ring is 1. The van der Waals surface area contributed by atoms with Crippen LogP contribution in [0.25, 0.3) is 0 Å². The van der Waals surface area contributed by atoms with E-state index in [0.717, 1.165) is 6.54 Å². The van der Waals surface area contributed by atoms with Gasteiger partial charge in [-0.05, 0) is 30.9 Å². The van der Waals surface area contributed by atoms with Gasteiger partial charge in [0.15, 0.2) is 0 Å². The van der Waals surface area contributed by atoms with Gasteiger partial charge in [0.1, 0.15) is 11.5 Å². The lowest BCUT2D eigenvalue weighted by molar-refractivity contribution is 0.0740. The van der Waals surface area contributed by atoms with Crippen molar-refractivity contribution in [2.75, 3.05) is 19.3 Å². The summed E-state index contributed by atoms with van der Waals surface area (Å²) in [7, 11) is 1.78. The Bertz CT molecular complexity index is 432. The van der Waals surface area contributed by atoms with E-state index in [1.807, 2.05) is 0 Å². The smallest absolute Gasteiger partial charge is 0.273 e. The molecular formula is C12H16ClN3O. The molecule has 1 aliphatic carbocycles. The maximum absolute atomic E-state index is 12.1. The van der Waals surface area contributed by atoms with E-state index >= 15 is 0 Å². The van der Waals surface area contributed by atoms with Gasteiger partial charge < -0.3 is 10.6 Å². The highest BCUT2D eigenvalue weighted by atomic mass is 35.5. The van der Waals surface area contributed by atoms with E-state index < -0.39 is 0 Å². The van der Waals surface area contributed by atoms with Crippen LogP contribution in [0.1, 0.15) is 29.8 Å². The van der Waals surface area contributed by atoms with Crippen molar-refractivity contribution < 1.29 is 4.79 Å². The van der Waals surface area contributed by atoms with Gasteiger partial charge in [-0.1, -0.05) is 18.0 Å². The first-order valence-corrected chi connectivity index (χ1v) is 6.13. The fourth-order valence-electron chi connectivity index (χ4n) is 1.93. The van der Waals surface area contributed by atoms with Gasteiger partial charge in [0.05, 0.1) is 5.02 Å². The third-order valence-electron chi connectivity index (χ3n) is 3.17. The summed E-state index contributed by atoms with van der Waals surface area (Å²) in [4.78, 5) is 17.8. The Morgan fingerprint density at radius 1 is 1.59 bits per heavy atom. The van der Waals surface area contributed by atoms with E-state index in [9.17, 15) is 4.79 Å². The number of nitrogens with two attached hydrogens (primary N) is 1. The van der Waals surface area contributed by atoms with Crippen molar-refractivity contribution in [2.24, 2.45) is 5.92 Å². The maximum atomic E-state index is 12.1. The van der Waals surface area contributed by atoms with E-state index in [2.05, 4.69) is 4.98 Å². The van der Waals surface area contributed by atoms with Gasteiger partial charge >= 0.3 is 0 Å². The Balaban J connectivity index is 2.09. The minimum atomic E-state index is -0.158. The van der Waals surface area contributed by atoms with Crippen molar-refractivity contribution in [3.05, 3.63) is 22.8 Å². The van der Waals surface area contributed by atoms with Crippen molar-refractivity contribution >= 4 is 23.3 Å². The molecule has 0 aliphatic heterocycles. The van der Waals surface area contributed by atoms with Crippen LogP contribution in [0, 0.1) is 5.92 Å². The first-order valence-electron chi connectivity index (χ1n) is 5.75. The zero-order valence-corrected chi connectivity index (χ0v) is 10.6. The zero-order valence-electron chi connectivity index (χ0n) is 9.82. The molecule has 0 saturated heterocycles. The Morgan fingerprint density at radius 2 is 2.29 bits per heavy atom. The Kier molecular flexibility index (Phi) is 3.52. The molecular weight excluding hydrogens is 238 g/mol. The Labute approximate surface area is 106 Å². The summed E-state index contributed by atoms with van der Waals surface area (Å²) in [6.07, 6.45) is 3.68. The molecule has 1 aromatic heterocycles. The molecule has 4 nitrogen and oxygen atoms in total. The number of carbonyl (C=O) groups excluding carboxylic acids is 1. The first-order chi connectivity index (χ1) is 8.08. The molecule has 0 radical (unpaired) electrons. The van der Waals surface area contributed by atoms with Crippen molar-refractivity contribution in [2.45, 2.75) is 19.3 Å². The summed E-state index contributed by atoms with van der Waals surface area (Å²) in [5.74, 6) is 0.785. The fourth-order valence-corrected chi connectivity index (χ4v) is 2.12. The number of hydrogen-bond acceptors (Lipinski definition) is 3. The molecule has 92 valence electrons. The van der Waals surface area contributed by atoms with Crippen LogP contribution in [-0.4, -0.2) is 29.4 Å². The van der Waals surface area contributed by atoms with E-state index in [1.165, 1.54) is 19.3 Å². The molecule has 0 aromatic carbocycles. The number of aromatic nitrogens is 1. The molecule has 0 unspecified atom stereocenters. The highest BCUT2D eigenvalue weighted by Crippen LogP contribution is 2.27.